The molecule has 0 fully saturated rings. The third kappa shape index (κ3) is 6.81. The maximum absolute atomic E-state index is 8.74. The summed E-state index contributed by atoms with van der Waals surface area (Å²) in [4.78, 5) is 0. The number of hydrogen-bond acceptors (Lipinski definition) is 3. The van der Waals surface area contributed by atoms with Gasteiger partial charge >= 0.3 is 0 Å². The maximum atomic E-state index is 8.74. The van der Waals surface area contributed by atoms with Crippen molar-refractivity contribution in [3.63, 3.8) is 0 Å². The van der Waals surface area contributed by atoms with Crippen LogP contribution in [0.15, 0.2) is 0 Å². The molecule has 0 saturated heterocycles. The van der Waals surface area contributed by atoms with E-state index in [9.17, 15) is 0 Å². The fraction of sp³-hybridized carbons (Fsp3) is 1.00. The van der Waals surface area contributed by atoms with Gasteiger partial charge in [-0.25, -0.2) is 0 Å². The second kappa shape index (κ2) is 6.74. The Hall–Kier alpha value is 1.34. The second-order valence-corrected chi connectivity index (χ2v) is 5.28. The van der Waals surface area contributed by atoms with Crippen molar-refractivity contribution >= 4 is 45.2 Å². The van der Waals surface area contributed by atoms with Gasteiger partial charge in [-0.05, 0) is 17.3 Å². The highest BCUT2D eigenvalue weighted by Crippen LogP contribution is 2.20. The van der Waals surface area contributed by atoms with Crippen molar-refractivity contribution < 1.29 is 15.3 Å². The van der Waals surface area contributed by atoms with Crippen LogP contribution in [0.4, 0.5) is 0 Å². The zero-order valence-electron chi connectivity index (χ0n) is 6.71. The molecule has 1 unspecified atom stereocenters. The van der Waals surface area contributed by atoms with E-state index in [1.165, 1.54) is 0 Å². The molecule has 1 atom stereocenters. The molecular formula is C7H14I2O3. The number of aliphatic hydroxyl groups is 3. The molecule has 0 aromatic carbocycles. The molecule has 0 aromatic heterocycles. The van der Waals surface area contributed by atoms with Gasteiger partial charge in [0.25, 0.3) is 5.97 Å². The zero-order valence-corrected chi connectivity index (χ0v) is 11.0. The van der Waals surface area contributed by atoms with Crippen molar-refractivity contribution in [1.82, 2.24) is 0 Å². The van der Waals surface area contributed by atoms with E-state index in [-0.39, 0.29) is 0 Å². The first-order chi connectivity index (χ1) is 5.48. The molecule has 0 aromatic rings. The minimum Gasteiger partial charge on any atom is -0.343 e. The molecule has 74 valence electrons. The molecule has 0 aliphatic carbocycles. The van der Waals surface area contributed by atoms with E-state index in [1.807, 2.05) is 22.6 Å². The largest absolute Gasteiger partial charge is 0.343 e. The number of hydrogen-bond donors (Lipinski definition) is 3. The van der Waals surface area contributed by atoms with E-state index in [0.717, 1.165) is 23.7 Å². The lowest BCUT2D eigenvalue weighted by atomic mass is 10.1. The van der Waals surface area contributed by atoms with Gasteiger partial charge in [-0.3, -0.25) is 0 Å². The summed E-state index contributed by atoms with van der Waals surface area (Å²) in [5, 5.41) is 26.2. The normalized spacial score (nSPS) is 14.8. The predicted octanol–water partition coefficient (Wildman–Crippen LogP) is 1.42. The first-order valence-electron chi connectivity index (χ1n) is 3.85. The van der Waals surface area contributed by atoms with Crippen molar-refractivity contribution in [2.45, 2.75) is 35.6 Å². The van der Waals surface area contributed by atoms with E-state index >= 15 is 0 Å². The number of unbranched alkanes of at least 4 members (excludes halogenated alkanes) is 2. The molecule has 12 heavy (non-hydrogen) atoms. The minimum absolute atomic E-state index is 0.496. The van der Waals surface area contributed by atoms with Crippen LogP contribution in [0.3, 0.4) is 0 Å². The predicted molar refractivity (Wildman–Crippen MR) is 64.6 cm³/mol. The van der Waals surface area contributed by atoms with E-state index < -0.39 is 9.90 Å². The third-order valence-electron chi connectivity index (χ3n) is 1.51. The molecule has 0 rings (SSSR count). The third-order valence-corrected chi connectivity index (χ3v) is 3.73. The smallest absolute Gasteiger partial charge is 0.287 e. The summed E-state index contributed by atoms with van der Waals surface area (Å²) in [6, 6.07) is 0. The van der Waals surface area contributed by atoms with E-state index in [1.54, 1.807) is 0 Å². The van der Waals surface area contributed by atoms with Gasteiger partial charge in [-0.2, -0.15) is 0 Å². The lowest BCUT2D eigenvalue weighted by Gasteiger charge is -2.20. The highest BCUT2D eigenvalue weighted by Gasteiger charge is 2.28. The highest BCUT2D eigenvalue weighted by molar-refractivity contribution is 14.1. The van der Waals surface area contributed by atoms with Crippen LogP contribution in [0.1, 0.15) is 25.7 Å². The van der Waals surface area contributed by atoms with Gasteiger partial charge in [0.1, 0.15) is 0 Å². The minimum atomic E-state index is -2.51. The summed E-state index contributed by atoms with van der Waals surface area (Å²) >= 11 is 4.16. The quantitative estimate of drug-likeness (QED) is 0.274. The highest BCUT2D eigenvalue weighted by atomic mass is 127. The second-order valence-electron chi connectivity index (χ2n) is 2.69. The Morgan fingerprint density at radius 2 is 1.67 bits per heavy atom. The van der Waals surface area contributed by atoms with Crippen LogP contribution in [0.5, 0.6) is 0 Å². The Balaban J connectivity index is 3.38. The molecule has 3 N–H and O–H groups in total. The summed E-state index contributed by atoms with van der Waals surface area (Å²) in [5.74, 6) is -2.51. The summed E-state index contributed by atoms with van der Waals surface area (Å²) in [7, 11) is 0. The fourth-order valence-corrected chi connectivity index (χ4v) is 1.77. The van der Waals surface area contributed by atoms with Gasteiger partial charge in [-0.15, -0.1) is 0 Å². The number of halogens is 2. The summed E-state index contributed by atoms with van der Waals surface area (Å²) in [6.45, 7) is 0. The Morgan fingerprint density at radius 3 is 2.08 bits per heavy atom. The Kier molecular flexibility index (Phi) is 7.50. The molecule has 0 radical (unpaired) electrons. The van der Waals surface area contributed by atoms with Crippen LogP contribution in [0.2, 0.25) is 0 Å². The Morgan fingerprint density at radius 1 is 1.08 bits per heavy atom. The standard InChI is InChI=1S/C7H14I2O3/c8-5-3-1-2-4-6(9)7(10,11)12/h6,10-12H,1-5H2. The SMILES string of the molecule is OC(O)(O)C(I)CCCCCI. The molecule has 0 saturated carbocycles. The zero-order chi connectivity index (χ0) is 9.61. The molecule has 3 nitrogen and oxygen atoms in total. The van der Waals surface area contributed by atoms with Crippen molar-refractivity contribution in [1.29, 1.82) is 0 Å². The van der Waals surface area contributed by atoms with Gasteiger partial charge in [0.05, 0.1) is 3.92 Å². The van der Waals surface area contributed by atoms with Gasteiger partial charge in [-0.1, -0.05) is 58.0 Å². The Labute approximate surface area is 99.8 Å². The molecule has 0 spiro atoms. The average Bonchev–Trinajstić information content (AvgIpc) is 1.96. The first-order valence-corrected chi connectivity index (χ1v) is 6.62. The van der Waals surface area contributed by atoms with Crippen molar-refractivity contribution in [3.05, 3.63) is 0 Å². The fourth-order valence-electron chi connectivity index (χ4n) is 0.788. The van der Waals surface area contributed by atoms with E-state index in [4.69, 9.17) is 15.3 Å². The monoisotopic (exact) mass is 400 g/mol. The number of rotatable bonds is 6. The van der Waals surface area contributed by atoms with Crippen LogP contribution in [-0.2, 0) is 0 Å². The lowest BCUT2D eigenvalue weighted by molar-refractivity contribution is -0.307. The molecule has 0 amide bonds. The van der Waals surface area contributed by atoms with Crippen molar-refractivity contribution in [3.8, 4) is 0 Å². The van der Waals surface area contributed by atoms with Crippen LogP contribution in [0, 0.1) is 0 Å². The van der Waals surface area contributed by atoms with Crippen LogP contribution in [0.25, 0.3) is 0 Å². The van der Waals surface area contributed by atoms with E-state index in [2.05, 4.69) is 22.6 Å². The molecule has 0 aliphatic rings. The average molecular weight is 400 g/mol. The van der Waals surface area contributed by atoms with Crippen molar-refractivity contribution in [2.75, 3.05) is 4.43 Å². The molecule has 5 heteroatoms. The lowest BCUT2D eigenvalue weighted by Crippen LogP contribution is -2.37. The molecular weight excluding hydrogens is 386 g/mol. The van der Waals surface area contributed by atoms with Crippen LogP contribution in [-0.4, -0.2) is 29.6 Å². The van der Waals surface area contributed by atoms with Gasteiger partial charge in [0.2, 0.25) is 0 Å². The maximum Gasteiger partial charge on any atom is 0.287 e. The summed E-state index contributed by atoms with van der Waals surface area (Å²) in [6.07, 6.45) is 3.80. The van der Waals surface area contributed by atoms with Gasteiger partial charge < -0.3 is 15.3 Å². The first kappa shape index (κ1) is 13.3. The molecule has 0 heterocycles. The van der Waals surface area contributed by atoms with Crippen LogP contribution >= 0.6 is 45.2 Å². The topological polar surface area (TPSA) is 60.7 Å². The van der Waals surface area contributed by atoms with Crippen LogP contribution < -0.4 is 0 Å². The van der Waals surface area contributed by atoms with Crippen molar-refractivity contribution in [2.24, 2.45) is 0 Å². The van der Waals surface area contributed by atoms with Gasteiger partial charge in [0, 0.05) is 0 Å². The van der Waals surface area contributed by atoms with E-state index in [0.29, 0.717) is 6.42 Å². The number of alkyl halides is 2. The Bertz CT molecular complexity index is 114. The summed E-state index contributed by atoms with van der Waals surface area (Å²) in [5.41, 5.74) is 0. The molecule has 0 bridgehead atoms. The summed E-state index contributed by atoms with van der Waals surface area (Å²) < 4.78 is 0.635. The van der Waals surface area contributed by atoms with Gasteiger partial charge in [0.15, 0.2) is 0 Å². The molecule has 0 aliphatic heterocycles.